The van der Waals surface area contributed by atoms with E-state index in [0.717, 1.165) is 0 Å². The SMILES string of the molecule is CC(C)C(O)C(C)(C)CNS(=O)(=O)Cc1ccccc1F. The van der Waals surface area contributed by atoms with E-state index in [4.69, 9.17) is 0 Å². The first-order chi connectivity index (χ1) is 9.55. The molecule has 0 bridgehead atoms. The molecule has 1 unspecified atom stereocenters. The van der Waals surface area contributed by atoms with Gasteiger partial charge in [0.15, 0.2) is 0 Å². The van der Waals surface area contributed by atoms with Crippen molar-refractivity contribution in [3.8, 4) is 0 Å². The van der Waals surface area contributed by atoms with E-state index < -0.39 is 33.1 Å². The van der Waals surface area contributed by atoms with Crippen LogP contribution in [0.25, 0.3) is 0 Å². The number of aliphatic hydroxyl groups excluding tert-OH is 1. The zero-order valence-corrected chi connectivity index (χ0v) is 13.7. The van der Waals surface area contributed by atoms with Crippen LogP contribution in [0.15, 0.2) is 24.3 Å². The highest BCUT2D eigenvalue weighted by atomic mass is 32.2. The fraction of sp³-hybridized carbons (Fsp3) is 0.600. The Morgan fingerprint density at radius 1 is 1.29 bits per heavy atom. The summed E-state index contributed by atoms with van der Waals surface area (Å²) in [5.74, 6) is -0.923. The molecule has 120 valence electrons. The number of aliphatic hydroxyl groups is 1. The summed E-state index contributed by atoms with van der Waals surface area (Å²) in [5, 5.41) is 10.1. The molecule has 0 aliphatic heterocycles. The molecule has 0 fully saturated rings. The van der Waals surface area contributed by atoms with Crippen molar-refractivity contribution in [3.63, 3.8) is 0 Å². The highest BCUT2D eigenvalue weighted by Gasteiger charge is 2.31. The van der Waals surface area contributed by atoms with Crippen LogP contribution in [-0.2, 0) is 15.8 Å². The number of halogens is 1. The van der Waals surface area contributed by atoms with E-state index in [2.05, 4.69) is 4.72 Å². The largest absolute Gasteiger partial charge is 0.392 e. The highest BCUT2D eigenvalue weighted by molar-refractivity contribution is 7.88. The molecule has 1 rings (SSSR count). The second-order valence-electron chi connectivity index (χ2n) is 6.35. The van der Waals surface area contributed by atoms with Gasteiger partial charge in [0.2, 0.25) is 10.0 Å². The molecule has 0 spiro atoms. The maximum atomic E-state index is 13.5. The lowest BCUT2D eigenvalue weighted by atomic mass is 9.81. The van der Waals surface area contributed by atoms with Crippen molar-refractivity contribution in [1.29, 1.82) is 0 Å². The summed E-state index contributed by atoms with van der Waals surface area (Å²) in [5.41, 5.74) is -0.469. The smallest absolute Gasteiger partial charge is 0.215 e. The Morgan fingerprint density at radius 3 is 2.38 bits per heavy atom. The first kappa shape index (κ1) is 18.1. The molecule has 1 atom stereocenters. The zero-order valence-electron chi connectivity index (χ0n) is 12.9. The monoisotopic (exact) mass is 317 g/mol. The summed E-state index contributed by atoms with van der Waals surface area (Å²) in [6, 6.07) is 5.79. The molecule has 0 saturated heterocycles. The van der Waals surface area contributed by atoms with Crippen LogP contribution in [0.3, 0.4) is 0 Å². The summed E-state index contributed by atoms with van der Waals surface area (Å²) in [6.45, 7) is 7.44. The Kier molecular flexibility index (Phi) is 5.90. The minimum atomic E-state index is -3.65. The van der Waals surface area contributed by atoms with Gasteiger partial charge in [-0.05, 0) is 12.0 Å². The Hall–Kier alpha value is -0.980. The lowest BCUT2D eigenvalue weighted by Crippen LogP contribution is -2.43. The van der Waals surface area contributed by atoms with Crippen LogP contribution in [-0.4, -0.2) is 26.2 Å². The van der Waals surface area contributed by atoms with E-state index in [-0.39, 0.29) is 18.0 Å². The van der Waals surface area contributed by atoms with Gasteiger partial charge in [-0.25, -0.2) is 17.5 Å². The van der Waals surface area contributed by atoms with Crippen LogP contribution >= 0.6 is 0 Å². The molecule has 1 aromatic carbocycles. The molecule has 0 aliphatic rings. The van der Waals surface area contributed by atoms with E-state index in [0.29, 0.717) is 0 Å². The number of sulfonamides is 1. The molecule has 21 heavy (non-hydrogen) atoms. The number of rotatable bonds is 7. The van der Waals surface area contributed by atoms with Gasteiger partial charge in [-0.2, -0.15) is 0 Å². The van der Waals surface area contributed by atoms with E-state index in [1.54, 1.807) is 19.9 Å². The minimum Gasteiger partial charge on any atom is -0.392 e. The van der Waals surface area contributed by atoms with Crippen molar-refractivity contribution in [3.05, 3.63) is 35.6 Å². The molecule has 2 N–H and O–H groups in total. The average molecular weight is 317 g/mol. The van der Waals surface area contributed by atoms with Crippen molar-refractivity contribution in [2.24, 2.45) is 11.3 Å². The summed E-state index contributed by atoms with van der Waals surface area (Å²) < 4.78 is 40.0. The summed E-state index contributed by atoms with van der Waals surface area (Å²) >= 11 is 0. The number of hydrogen-bond donors (Lipinski definition) is 2. The van der Waals surface area contributed by atoms with Gasteiger partial charge >= 0.3 is 0 Å². The second-order valence-corrected chi connectivity index (χ2v) is 8.16. The minimum absolute atomic E-state index is 0.0241. The quantitative estimate of drug-likeness (QED) is 0.811. The first-order valence-corrected chi connectivity index (χ1v) is 8.59. The van der Waals surface area contributed by atoms with Crippen molar-refractivity contribution in [1.82, 2.24) is 4.72 Å². The number of hydrogen-bond acceptors (Lipinski definition) is 3. The fourth-order valence-electron chi connectivity index (χ4n) is 2.17. The number of nitrogens with one attached hydrogen (secondary N) is 1. The summed E-state index contributed by atoms with van der Waals surface area (Å²) in [4.78, 5) is 0. The van der Waals surface area contributed by atoms with E-state index in [1.165, 1.54) is 18.2 Å². The van der Waals surface area contributed by atoms with Gasteiger partial charge in [0.05, 0.1) is 11.9 Å². The third kappa shape index (κ3) is 5.37. The van der Waals surface area contributed by atoms with Crippen molar-refractivity contribution >= 4 is 10.0 Å². The maximum Gasteiger partial charge on any atom is 0.215 e. The number of benzene rings is 1. The average Bonchev–Trinajstić information content (AvgIpc) is 2.38. The molecule has 0 heterocycles. The van der Waals surface area contributed by atoms with Gasteiger partial charge in [-0.15, -0.1) is 0 Å². The lowest BCUT2D eigenvalue weighted by Gasteiger charge is -2.33. The Bertz CT molecular complexity index is 570. The Labute approximate surface area is 126 Å². The van der Waals surface area contributed by atoms with Gasteiger partial charge in [0, 0.05) is 17.5 Å². The topological polar surface area (TPSA) is 66.4 Å². The third-order valence-corrected chi connectivity index (χ3v) is 4.76. The molecule has 4 nitrogen and oxygen atoms in total. The van der Waals surface area contributed by atoms with Crippen LogP contribution in [0, 0.1) is 17.2 Å². The van der Waals surface area contributed by atoms with Crippen molar-refractivity contribution in [2.45, 2.75) is 39.6 Å². The predicted molar refractivity (Wildman–Crippen MR) is 81.7 cm³/mol. The molecule has 0 aromatic heterocycles. The molecule has 6 heteroatoms. The van der Waals surface area contributed by atoms with Gasteiger partial charge in [0.25, 0.3) is 0 Å². The first-order valence-electron chi connectivity index (χ1n) is 6.94. The lowest BCUT2D eigenvalue weighted by molar-refractivity contribution is 0.0166. The zero-order chi connectivity index (χ0) is 16.3. The van der Waals surface area contributed by atoms with Crippen molar-refractivity contribution < 1.29 is 17.9 Å². The molecule has 0 saturated carbocycles. The normalized spacial score (nSPS) is 14.4. The van der Waals surface area contributed by atoms with Crippen LogP contribution in [0.5, 0.6) is 0 Å². The van der Waals surface area contributed by atoms with E-state index >= 15 is 0 Å². The molecular weight excluding hydrogens is 293 g/mol. The van der Waals surface area contributed by atoms with Crippen molar-refractivity contribution in [2.75, 3.05) is 6.54 Å². The van der Waals surface area contributed by atoms with Crippen LogP contribution in [0.1, 0.15) is 33.3 Å². The summed E-state index contributed by atoms with van der Waals surface area (Å²) in [7, 11) is -3.65. The van der Waals surface area contributed by atoms with E-state index in [9.17, 15) is 17.9 Å². The summed E-state index contributed by atoms with van der Waals surface area (Å²) in [6.07, 6.45) is -0.631. The van der Waals surface area contributed by atoms with Crippen LogP contribution in [0.4, 0.5) is 4.39 Å². The standard InChI is InChI=1S/C15H24FNO3S/c1-11(2)14(18)15(3,4)10-17-21(19,20)9-12-7-5-6-8-13(12)16/h5-8,11,14,17-18H,9-10H2,1-4H3. The van der Waals surface area contributed by atoms with Gasteiger partial charge in [0.1, 0.15) is 5.82 Å². The van der Waals surface area contributed by atoms with Crippen LogP contribution in [0.2, 0.25) is 0 Å². The van der Waals surface area contributed by atoms with E-state index in [1.807, 2.05) is 13.8 Å². The molecule has 1 aromatic rings. The Morgan fingerprint density at radius 2 is 1.86 bits per heavy atom. The Balaban J connectivity index is 2.72. The highest BCUT2D eigenvalue weighted by Crippen LogP contribution is 2.25. The molecule has 0 amide bonds. The van der Waals surface area contributed by atoms with Gasteiger partial charge in [-0.3, -0.25) is 0 Å². The van der Waals surface area contributed by atoms with Gasteiger partial charge in [-0.1, -0.05) is 45.9 Å². The van der Waals surface area contributed by atoms with Crippen LogP contribution < -0.4 is 4.72 Å². The molecular formula is C15H24FNO3S. The van der Waals surface area contributed by atoms with Gasteiger partial charge < -0.3 is 5.11 Å². The third-order valence-electron chi connectivity index (χ3n) is 3.48. The maximum absolute atomic E-state index is 13.5. The second kappa shape index (κ2) is 6.85. The predicted octanol–water partition coefficient (Wildman–Crippen LogP) is 2.29. The molecule has 0 aliphatic carbocycles. The fourth-order valence-corrected chi connectivity index (χ4v) is 3.51. The molecule has 0 radical (unpaired) electrons.